The second-order valence-corrected chi connectivity index (χ2v) is 4.87. The molecular formula is C15H25N3O2. The van der Waals surface area contributed by atoms with Crippen LogP contribution in [0.5, 0.6) is 5.75 Å². The second-order valence-electron chi connectivity index (χ2n) is 4.87. The zero-order chi connectivity index (χ0) is 15.0. The first-order valence-electron chi connectivity index (χ1n) is 6.76. The molecule has 0 saturated carbocycles. The molecule has 5 heteroatoms. The van der Waals surface area contributed by atoms with Crippen molar-refractivity contribution in [3.63, 3.8) is 0 Å². The van der Waals surface area contributed by atoms with Gasteiger partial charge < -0.3 is 20.5 Å². The molecule has 0 aliphatic rings. The molecule has 0 radical (unpaired) electrons. The number of hydrogen-bond donors (Lipinski definition) is 2. The van der Waals surface area contributed by atoms with Crippen molar-refractivity contribution < 1.29 is 9.47 Å². The number of methoxy groups -OCH3 is 2. The quantitative estimate of drug-likeness (QED) is 0.589. The SMILES string of the molecule is COCC(C)NC(N)=NCC(C)c1ccccc1OC. The lowest BCUT2D eigenvalue weighted by atomic mass is 10.0. The number of aliphatic imine (C=N–C) groups is 1. The first kappa shape index (κ1) is 16.3. The van der Waals surface area contributed by atoms with Gasteiger partial charge >= 0.3 is 0 Å². The normalized spacial score (nSPS) is 14.7. The number of nitrogens with zero attached hydrogens (tertiary/aromatic N) is 1. The molecule has 0 aromatic heterocycles. The predicted octanol–water partition coefficient (Wildman–Crippen LogP) is 1.74. The highest BCUT2D eigenvalue weighted by Crippen LogP contribution is 2.26. The molecule has 0 spiro atoms. The lowest BCUT2D eigenvalue weighted by Crippen LogP contribution is -2.40. The Hall–Kier alpha value is -1.75. The van der Waals surface area contributed by atoms with Gasteiger partial charge in [-0.2, -0.15) is 0 Å². The summed E-state index contributed by atoms with van der Waals surface area (Å²) in [6, 6.07) is 8.11. The molecule has 20 heavy (non-hydrogen) atoms. The Kier molecular flexibility index (Phi) is 6.87. The highest BCUT2D eigenvalue weighted by Gasteiger charge is 2.10. The Labute approximate surface area is 121 Å². The third-order valence-electron chi connectivity index (χ3n) is 3.02. The average molecular weight is 279 g/mol. The third-order valence-corrected chi connectivity index (χ3v) is 3.02. The average Bonchev–Trinajstić information content (AvgIpc) is 2.44. The highest BCUT2D eigenvalue weighted by atomic mass is 16.5. The number of nitrogens with two attached hydrogens (primary N) is 1. The zero-order valence-corrected chi connectivity index (χ0v) is 12.7. The van der Waals surface area contributed by atoms with Crippen LogP contribution in [0.3, 0.4) is 0 Å². The topological polar surface area (TPSA) is 68.9 Å². The molecule has 2 atom stereocenters. The summed E-state index contributed by atoms with van der Waals surface area (Å²) < 4.78 is 10.4. The molecule has 2 unspecified atom stereocenters. The van der Waals surface area contributed by atoms with Crippen molar-refractivity contribution in [2.24, 2.45) is 10.7 Å². The summed E-state index contributed by atoms with van der Waals surface area (Å²) in [7, 11) is 3.34. The lowest BCUT2D eigenvalue weighted by Gasteiger charge is -2.16. The van der Waals surface area contributed by atoms with E-state index in [0.717, 1.165) is 11.3 Å². The number of para-hydroxylation sites is 1. The summed E-state index contributed by atoms with van der Waals surface area (Å²) in [6.07, 6.45) is 0. The van der Waals surface area contributed by atoms with Crippen LogP contribution < -0.4 is 15.8 Å². The maximum atomic E-state index is 5.85. The molecule has 0 aliphatic heterocycles. The number of benzene rings is 1. The lowest BCUT2D eigenvalue weighted by molar-refractivity contribution is 0.179. The van der Waals surface area contributed by atoms with Gasteiger partial charge in [-0.1, -0.05) is 25.1 Å². The van der Waals surface area contributed by atoms with Crippen molar-refractivity contribution in [3.8, 4) is 5.75 Å². The van der Waals surface area contributed by atoms with Crippen molar-refractivity contribution >= 4 is 5.96 Å². The van der Waals surface area contributed by atoms with E-state index >= 15 is 0 Å². The standard InChI is InChI=1S/C15H25N3O2/c1-11(13-7-5-6-8-14(13)20-4)9-17-15(16)18-12(2)10-19-3/h5-8,11-12H,9-10H2,1-4H3,(H3,16,17,18). The molecule has 0 amide bonds. The minimum absolute atomic E-state index is 0.144. The van der Waals surface area contributed by atoms with E-state index in [4.69, 9.17) is 15.2 Å². The molecule has 3 N–H and O–H groups in total. The van der Waals surface area contributed by atoms with E-state index < -0.39 is 0 Å². The van der Waals surface area contributed by atoms with Crippen LogP contribution in [0, 0.1) is 0 Å². The van der Waals surface area contributed by atoms with Crippen molar-refractivity contribution in [2.45, 2.75) is 25.8 Å². The third kappa shape index (κ3) is 5.09. The molecule has 5 nitrogen and oxygen atoms in total. The van der Waals surface area contributed by atoms with E-state index in [1.807, 2.05) is 25.1 Å². The first-order chi connectivity index (χ1) is 9.58. The van der Waals surface area contributed by atoms with Gasteiger partial charge in [0.15, 0.2) is 5.96 Å². The Morgan fingerprint density at radius 1 is 1.30 bits per heavy atom. The van der Waals surface area contributed by atoms with Gasteiger partial charge in [0.1, 0.15) is 5.75 Å². The fourth-order valence-corrected chi connectivity index (χ4v) is 2.00. The Morgan fingerprint density at radius 2 is 2.00 bits per heavy atom. The van der Waals surface area contributed by atoms with Gasteiger partial charge in [0.05, 0.1) is 13.7 Å². The van der Waals surface area contributed by atoms with Crippen LogP contribution in [0.4, 0.5) is 0 Å². The maximum absolute atomic E-state index is 5.85. The summed E-state index contributed by atoms with van der Waals surface area (Å²) in [5.41, 5.74) is 6.99. The predicted molar refractivity (Wildman–Crippen MR) is 82.4 cm³/mol. The number of ether oxygens (including phenoxy) is 2. The Morgan fingerprint density at radius 3 is 2.65 bits per heavy atom. The first-order valence-corrected chi connectivity index (χ1v) is 6.76. The van der Waals surface area contributed by atoms with Crippen LogP contribution in [-0.2, 0) is 4.74 Å². The van der Waals surface area contributed by atoms with Crippen LogP contribution in [-0.4, -0.2) is 39.4 Å². The molecule has 0 heterocycles. The molecule has 0 bridgehead atoms. The van der Waals surface area contributed by atoms with Crippen LogP contribution in [0.2, 0.25) is 0 Å². The van der Waals surface area contributed by atoms with Crippen LogP contribution in [0.1, 0.15) is 25.3 Å². The number of hydrogen-bond acceptors (Lipinski definition) is 3. The molecule has 1 aromatic carbocycles. The summed E-state index contributed by atoms with van der Waals surface area (Å²) in [6.45, 7) is 5.31. The molecule has 0 saturated heterocycles. The highest BCUT2D eigenvalue weighted by molar-refractivity contribution is 5.78. The van der Waals surface area contributed by atoms with Gasteiger partial charge in [0.25, 0.3) is 0 Å². The Balaban J connectivity index is 2.59. The molecule has 1 aromatic rings. The molecule has 112 valence electrons. The fraction of sp³-hybridized carbons (Fsp3) is 0.533. The van der Waals surface area contributed by atoms with Crippen LogP contribution >= 0.6 is 0 Å². The van der Waals surface area contributed by atoms with Gasteiger partial charge in [0, 0.05) is 25.6 Å². The van der Waals surface area contributed by atoms with E-state index in [9.17, 15) is 0 Å². The van der Waals surface area contributed by atoms with Gasteiger partial charge in [-0.3, -0.25) is 4.99 Å². The molecular weight excluding hydrogens is 254 g/mol. The second kappa shape index (κ2) is 8.43. The monoisotopic (exact) mass is 279 g/mol. The van der Waals surface area contributed by atoms with E-state index in [2.05, 4.69) is 23.3 Å². The van der Waals surface area contributed by atoms with Crippen molar-refractivity contribution in [2.75, 3.05) is 27.4 Å². The minimum atomic E-state index is 0.144. The van der Waals surface area contributed by atoms with Gasteiger partial charge in [-0.05, 0) is 18.6 Å². The van der Waals surface area contributed by atoms with E-state index in [-0.39, 0.29) is 12.0 Å². The number of nitrogens with one attached hydrogen (secondary N) is 1. The smallest absolute Gasteiger partial charge is 0.188 e. The van der Waals surface area contributed by atoms with Crippen LogP contribution in [0.25, 0.3) is 0 Å². The van der Waals surface area contributed by atoms with Crippen molar-refractivity contribution in [1.29, 1.82) is 0 Å². The largest absolute Gasteiger partial charge is 0.496 e. The molecule has 0 fully saturated rings. The summed E-state index contributed by atoms with van der Waals surface area (Å²) in [5.74, 6) is 1.56. The summed E-state index contributed by atoms with van der Waals surface area (Å²) in [5, 5.41) is 3.09. The van der Waals surface area contributed by atoms with E-state index in [1.54, 1.807) is 14.2 Å². The van der Waals surface area contributed by atoms with Crippen LogP contribution in [0.15, 0.2) is 29.3 Å². The van der Waals surface area contributed by atoms with Crippen molar-refractivity contribution in [3.05, 3.63) is 29.8 Å². The van der Waals surface area contributed by atoms with Gasteiger partial charge in [0.2, 0.25) is 0 Å². The van der Waals surface area contributed by atoms with Crippen molar-refractivity contribution in [1.82, 2.24) is 5.32 Å². The summed E-state index contributed by atoms with van der Waals surface area (Å²) in [4.78, 5) is 4.37. The molecule has 0 aliphatic carbocycles. The Bertz CT molecular complexity index is 435. The maximum Gasteiger partial charge on any atom is 0.188 e. The van der Waals surface area contributed by atoms with Gasteiger partial charge in [-0.25, -0.2) is 0 Å². The van der Waals surface area contributed by atoms with E-state index in [0.29, 0.717) is 19.1 Å². The fourth-order valence-electron chi connectivity index (χ4n) is 2.00. The van der Waals surface area contributed by atoms with Gasteiger partial charge in [-0.15, -0.1) is 0 Å². The number of rotatable bonds is 7. The molecule has 1 rings (SSSR count). The number of guanidine groups is 1. The summed E-state index contributed by atoms with van der Waals surface area (Å²) >= 11 is 0. The van der Waals surface area contributed by atoms with E-state index in [1.165, 1.54) is 0 Å². The minimum Gasteiger partial charge on any atom is -0.496 e. The zero-order valence-electron chi connectivity index (χ0n) is 12.7.